The number of carbonyl (C=O) groups excluding carboxylic acids is 3. The quantitative estimate of drug-likeness (QED) is 0.236. The Morgan fingerprint density at radius 1 is 1.00 bits per heavy atom. The number of nitrogens with zero attached hydrogens (tertiary/aromatic N) is 1. The summed E-state index contributed by atoms with van der Waals surface area (Å²) in [6.45, 7) is -0.368. The maximum atomic E-state index is 14.0. The maximum Gasteiger partial charge on any atom is 0.305 e. The molecule has 2 aliphatic heterocycles. The maximum absolute atomic E-state index is 14.0. The number of primary sulfonamides is 1. The monoisotopic (exact) mass is 722 g/mol. The van der Waals surface area contributed by atoms with Crippen LogP contribution in [0.2, 0.25) is 5.02 Å². The van der Waals surface area contributed by atoms with Crippen LogP contribution < -0.4 is 25.0 Å². The molecular formula is C33H27ClN4O7S3. The van der Waals surface area contributed by atoms with Crippen molar-refractivity contribution in [2.45, 2.75) is 27.5 Å². The number of benzene rings is 3. The van der Waals surface area contributed by atoms with Crippen LogP contribution in [0.1, 0.15) is 22.8 Å². The zero-order valence-electron chi connectivity index (χ0n) is 24.9. The van der Waals surface area contributed by atoms with Crippen LogP contribution in [-0.4, -0.2) is 43.0 Å². The largest absolute Gasteiger partial charge is 0.483 e. The number of rotatable bonds is 7. The van der Waals surface area contributed by atoms with E-state index in [2.05, 4.69) is 10.3 Å². The van der Waals surface area contributed by atoms with E-state index in [9.17, 15) is 27.6 Å². The normalized spacial score (nSPS) is 27.0. The van der Waals surface area contributed by atoms with Crippen molar-refractivity contribution < 1.29 is 27.5 Å². The van der Waals surface area contributed by atoms with E-state index in [1.807, 2.05) is 18.2 Å². The van der Waals surface area contributed by atoms with E-state index in [0.717, 1.165) is 27.7 Å². The number of aromatic amines is 1. The molecule has 2 aliphatic carbocycles. The smallest absolute Gasteiger partial charge is 0.305 e. The number of hydrogen-bond donors (Lipinski definition) is 3. The first-order valence-electron chi connectivity index (χ1n) is 15.2. The lowest BCUT2D eigenvalue weighted by atomic mass is 9.68. The highest BCUT2D eigenvalue weighted by molar-refractivity contribution is 8.00. The zero-order valence-corrected chi connectivity index (χ0v) is 28.1. The molecule has 3 fully saturated rings. The highest BCUT2D eigenvalue weighted by Gasteiger charge is 2.69. The van der Waals surface area contributed by atoms with Crippen LogP contribution in [0.4, 0.5) is 11.4 Å². The molecule has 48 heavy (non-hydrogen) atoms. The summed E-state index contributed by atoms with van der Waals surface area (Å²) in [7, 11) is -3.88. The lowest BCUT2D eigenvalue weighted by molar-refractivity contribution is -0.123. The molecule has 4 N–H and O–H groups in total. The van der Waals surface area contributed by atoms with Gasteiger partial charge in [0.05, 0.1) is 27.4 Å². The fourth-order valence-electron chi connectivity index (χ4n) is 8.16. The Balaban J connectivity index is 1.11. The highest BCUT2D eigenvalue weighted by atomic mass is 35.5. The minimum Gasteiger partial charge on any atom is -0.483 e. The van der Waals surface area contributed by atoms with Gasteiger partial charge in [-0.15, -0.1) is 11.8 Å². The molecule has 2 bridgehead atoms. The number of thioether (sulfide) groups is 1. The first-order chi connectivity index (χ1) is 23.0. The van der Waals surface area contributed by atoms with Crippen LogP contribution in [0, 0.1) is 29.6 Å². The minimum atomic E-state index is -3.88. The third-order valence-electron chi connectivity index (χ3n) is 9.87. The van der Waals surface area contributed by atoms with Crippen molar-refractivity contribution in [2.75, 3.05) is 16.8 Å². The van der Waals surface area contributed by atoms with E-state index in [1.165, 1.54) is 29.2 Å². The van der Waals surface area contributed by atoms with Crippen molar-refractivity contribution in [2.24, 2.45) is 34.7 Å². The number of imide groups is 1. The number of ether oxygens (including phenoxy) is 1. The number of hydrogen-bond acceptors (Lipinski definition) is 9. The molecule has 3 aromatic carbocycles. The average molecular weight is 723 g/mol. The first kappa shape index (κ1) is 31.3. The summed E-state index contributed by atoms with van der Waals surface area (Å²) >= 11 is 9.25. The van der Waals surface area contributed by atoms with Gasteiger partial charge in [-0.1, -0.05) is 41.1 Å². The molecule has 4 aromatic rings. The summed E-state index contributed by atoms with van der Waals surface area (Å²) in [5.74, 6) is -1.98. The second-order valence-electron chi connectivity index (χ2n) is 12.4. The van der Waals surface area contributed by atoms with Gasteiger partial charge in [0.2, 0.25) is 21.8 Å². The van der Waals surface area contributed by atoms with Gasteiger partial charge >= 0.3 is 4.87 Å². The number of aromatic nitrogens is 1. The van der Waals surface area contributed by atoms with Crippen molar-refractivity contribution in [3.05, 3.63) is 97.9 Å². The van der Waals surface area contributed by atoms with Gasteiger partial charge in [0.15, 0.2) is 6.61 Å². The molecule has 0 spiro atoms. The number of para-hydroxylation sites is 1. The third-order valence-corrected chi connectivity index (χ3v) is 13.6. The van der Waals surface area contributed by atoms with Crippen molar-refractivity contribution in [3.8, 4) is 5.75 Å². The molecule has 4 aliphatic rings. The lowest BCUT2D eigenvalue weighted by Crippen LogP contribution is -2.42. The third kappa shape index (κ3) is 5.08. The van der Waals surface area contributed by atoms with Gasteiger partial charge in [-0.3, -0.25) is 24.1 Å². The number of H-pyrrole nitrogens is 1. The molecule has 0 unspecified atom stereocenters. The number of nitrogens with two attached hydrogens (primary N) is 1. The molecule has 0 radical (unpaired) electrons. The zero-order chi connectivity index (χ0) is 33.5. The summed E-state index contributed by atoms with van der Waals surface area (Å²) < 4.78 is 29.2. The molecule has 8 rings (SSSR count). The Hall–Kier alpha value is -3.95. The molecule has 3 heterocycles. The highest BCUT2D eigenvalue weighted by Crippen LogP contribution is 2.69. The van der Waals surface area contributed by atoms with Gasteiger partial charge in [0, 0.05) is 32.3 Å². The summed E-state index contributed by atoms with van der Waals surface area (Å²) in [4.78, 5) is 58.3. The number of carbonyl (C=O) groups is 3. The number of sulfonamides is 1. The molecule has 15 heteroatoms. The van der Waals surface area contributed by atoms with Gasteiger partial charge in [-0.2, -0.15) is 0 Å². The molecule has 11 nitrogen and oxygen atoms in total. The van der Waals surface area contributed by atoms with Crippen molar-refractivity contribution in [3.63, 3.8) is 0 Å². The second-order valence-corrected chi connectivity index (χ2v) is 16.6. The van der Waals surface area contributed by atoms with Gasteiger partial charge in [0.1, 0.15) is 5.75 Å². The molecule has 1 aromatic heterocycles. The molecule has 246 valence electrons. The Morgan fingerprint density at radius 2 is 1.71 bits per heavy atom. The number of amides is 3. The average Bonchev–Trinajstić information content (AvgIpc) is 3.79. The molecule has 2 saturated carbocycles. The lowest BCUT2D eigenvalue weighted by Gasteiger charge is -2.43. The van der Waals surface area contributed by atoms with Gasteiger partial charge in [-0.05, 0) is 78.8 Å². The Labute approximate surface area is 287 Å². The van der Waals surface area contributed by atoms with E-state index in [-0.39, 0.29) is 57.1 Å². The number of anilines is 2. The van der Waals surface area contributed by atoms with Crippen molar-refractivity contribution in [1.82, 2.24) is 4.98 Å². The molecule has 1 saturated heterocycles. The molecular weight excluding hydrogens is 696 g/mol. The first-order valence-corrected chi connectivity index (χ1v) is 18.8. The van der Waals surface area contributed by atoms with Gasteiger partial charge < -0.3 is 15.0 Å². The Bertz CT molecular complexity index is 2160. The number of fused-ring (bicyclic) bond motifs is 9. The topological polar surface area (TPSA) is 169 Å². The van der Waals surface area contributed by atoms with Crippen LogP contribution in [0.25, 0.3) is 0 Å². The fourth-order valence-corrected chi connectivity index (χ4v) is 11.7. The molecule has 3 amide bonds. The van der Waals surface area contributed by atoms with E-state index < -0.39 is 27.8 Å². The van der Waals surface area contributed by atoms with Crippen LogP contribution in [-0.2, 0) is 24.4 Å². The van der Waals surface area contributed by atoms with Gasteiger partial charge in [-0.25, -0.2) is 13.6 Å². The van der Waals surface area contributed by atoms with Crippen LogP contribution in [0.3, 0.4) is 0 Å². The van der Waals surface area contributed by atoms with E-state index in [4.69, 9.17) is 21.5 Å². The van der Waals surface area contributed by atoms with Crippen molar-refractivity contribution >= 4 is 73.8 Å². The summed E-state index contributed by atoms with van der Waals surface area (Å²) in [5.41, 5.74) is 1.62. The Morgan fingerprint density at radius 3 is 2.42 bits per heavy atom. The van der Waals surface area contributed by atoms with E-state index in [1.54, 1.807) is 42.1 Å². The van der Waals surface area contributed by atoms with E-state index >= 15 is 0 Å². The summed E-state index contributed by atoms with van der Waals surface area (Å²) in [6.07, 6.45) is 0.719. The predicted molar refractivity (Wildman–Crippen MR) is 181 cm³/mol. The molecule has 7 atom stereocenters. The summed E-state index contributed by atoms with van der Waals surface area (Å²) in [5, 5.41) is 8.99. The minimum absolute atomic E-state index is 0.0399. The number of thiazole rings is 1. The Kier molecular flexibility index (Phi) is 7.56. The predicted octanol–water partition coefficient (Wildman–Crippen LogP) is 4.43. The fraction of sp³-hybridized carbons (Fsp3) is 0.273. The van der Waals surface area contributed by atoms with Crippen LogP contribution in [0.15, 0.2) is 87.5 Å². The van der Waals surface area contributed by atoms with E-state index in [0.29, 0.717) is 27.7 Å². The van der Waals surface area contributed by atoms with Gasteiger partial charge in [0.25, 0.3) is 5.91 Å². The SMILES string of the molecule is NS(=O)(=O)c1ccc(NC(=O)COc2ccc(Cl)cc2[C@@H]2c3sc(=O)[nH]c3S[C@@H]3[C@@H]4C[C@@H]([C@@H]5C(=O)N(c6ccccc6)C(=O)[C@@H]45)[C@H]23)cc1. The number of halogens is 1. The van der Waals surface area contributed by atoms with Crippen molar-refractivity contribution in [1.29, 1.82) is 0 Å². The number of nitrogens with one attached hydrogen (secondary N) is 2. The second kappa shape index (κ2) is 11.6. The standard InChI is InChI=1S/C33H27ClN4O7S3/c34-15-6-11-22(45-14-23(39)36-16-7-9-18(10-8-16)48(35,43)44)19(12-15)24-25-20-13-21(28(25)46-30-29(24)47-33(42)37-30)27-26(20)31(40)38(32(27)41)17-4-2-1-3-5-17/h1-12,20-21,24-28H,13-14H2,(H,36,39)(H,37,42)(H2,35,43,44)/t20-,21-,24+,25-,26+,27+,28-/m1/s1. The van der Waals surface area contributed by atoms with Crippen LogP contribution in [0.5, 0.6) is 5.75 Å². The van der Waals surface area contributed by atoms with Crippen LogP contribution >= 0.6 is 34.7 Å². The summed E-state index contributed by atoms with van der Waals surface area (Å²) in [6, 6.07) is 19.6.